The van der Waals surface area contributed by atoms with Gasteiger partial charge in [0, 0.05) is 38.8 Å². The zero-order valence-electron chi connectivity index (χ0n) is 16.6. The number of hydrogen-bond acceptors (Lipinski definition) is 3. The summed E-state index contributed by atoms with van der Waals surface area (Å²) in [5.41, 5.74) is 1.95. The molecule has 0 saturated heterocycles. The van der Waals surface area contributed by atoms with E-state index in [0.29, 0.717) is 19.6 Å². The van der Waals surface area contributed by atoms with Crippen molar-refractivity contribution < 1.29 is 9.53 Å². The van der Waals surface area contributed by atoms with Gasteiger partial charge in [-0.05, 0) is 36.2 Å². The number of anilines is 1. The van der Waals surface area contributed by atoms with Crippen LogP contribution in [0.1, 0.15) is 12.0 Å². The predicted molar refractivity (Wildman–Crippen MR) is 129 cm³/mol. The molecule has 0 unspecified atom stereocenters. The molecule has 1 heterocycles. The number of nitrogens with one attached hydrogen (secondary N) is 1. The average Bonchev–Trinajstić information content (AvgIpc) is 2.69. The molecule has 1 amide bonds. The molecule has 0 atom stereocenters. The molecule has 0 aromatic heterocycles. The average molecular weight is 529 g/mol. The fraction of sp³-hybridized carbons (Fsp3) is 0.333. The third-order valence-electron chi connectivity index (χ3n) is 4.53. The molecular weight excluding hydrogens is 503 g/mol. The zero-order valence-corrected chi connectivity index (χ0v) is 19.7. The Balaban J connectivity index is 0.00000300. The minimum atomic E-state index is -0.0128. The number of rotatable bonds is 6. The molecule has 1 N–H and O–H groups in total. The van der Waals surface area contributed by atoms with Gasteiger partial charge in [-0.1, -0.05) is 35.9 Å². The van der Waals surface area contributed by atoms with E-state index in [1.165, 1.54) is 0 Å². The second kappa shape index (κ2) is 11.3. The van der Waals surface area contributed by atoms with Crippen LogP contribution in [0.15, 0.2) is 53.5 Å². The van der Waals surface area contributed by atoms with E-state index in [1.54, 1.807) is 11.9 Å². The summed E-state index contributed by atoms with van der Waals surface area (Å²) >= 11 is 6.06. The van der Waals surface area contributed by atoms with Crippen LogP contribution in [0.4, 0.5) is 5.69 Å². The number of aliphatic imine (C=N–C) groups is 1. The highest BCUT2D eigenvalue weighted by atomic mass is 127. The van der Waals surface area contributed by atoms with E-state index >= 15 is 0 Å². The lowest BCUT2D eigenvalue weighted by Crippen LogP contribution is -2.42. The number of amides is 1. The van der Waals surface area contributed by atoms with Crippen molar-refractivity contribution in [3.8, 4) is 5.75 Å². The third kappa shape index (κ3) is 6.24. The Kier molecular flexibility index (Phi) is 9.03. The number of guanidine groups is 1. The zero-order chi connectivity index (χ0) is 19.9. The summed E-state index contributed by atoms with van der Waals surface area (Å²) in [5.74, 6) is 1.54. The molecule has 0 saturated carbocycles. The van der Waals surface area contributed by atoms with E-state index in [9.17, 15) is 4.79 Å². The van der Waals surface area contributed by atoms with Gasteiger partial charge >= 0.3 is 0 Å². The summed E-state index contributed by atoms with van der Waals surface area (Å²) in [6, 6.07) is 15.4. The summed E-state index contributed by atoms with van der Waals surface area (Å²) in [5, 5.41) is 4.08. The van der Waals surface area contributed by atoms with Gasteiger partial charge in [0.05, 0.1) is 5.69 Å². The highest BCUT2D eigenvalue weighted by Gasteiger charge is 2.24. The van der Waals surface area contributed by atoms with E-state index in [-0.39, 0.29) is 36.5 Å². The number of benzene rings is 2. The molecule has 0 fully saturated rings. The van der Waals surface area contributed by atoms with Crippen LogP contribution in [-0.4, -0.2) is 50.6 Å². The fourth-order valence-corrected chi connectivity index (χ4v) is 3.42. The van der Waals surface area contributed by atoms with Crippen molar-refractivity contribution in [1.82, 2.24) is 10.2 Å². The second-order valence-electron chi connectivity index (χ2n) is 6.62. The largest absolute Gasteiger partial charge is 0.482 e. The van der Waals surface area contributed by atoms with Gasteiger partial charge in [-0.15, -0.1) is 24.0 Å². The van der Waals surface area contributed by atoms with Crippen LogP contribution >= 0.6 is 35.6 Å². The third-order valence-corrected chi connectivity index (χ3v) is 4.77. The molecule has 29 heavy (non-hydrogen) atoms. The highest BCUT2D eigenvalue weighted by Crippen LogP contribution is 2.31. The molecule has 0 bridgehead atoms. The summed E-state index contributed by atoms with van der Waals surface area (Å²) in [4.78, 5) is 20.4. The van der Waals surface area contributed by atoms with Gasteiger partial charge in [0.25, 0.3) is 5.91 Å². The van der Waals surface area contributed by atoms with Crippen molar-refractivity contribution in [2.75, 3.05) is 38.7 Å². The number of ether oxygens (including phenoxy) is 1. The Labute approximate surface area is 193 Å². The van der Waals surface area contributed by atoms with E-state index in [0.717, 1.165) is 34.4 Å². The maximum Gasteiger partial charge on any atom is 0.265 e. The predicted octanol–water partition coefficient (Wildman–Crippen LogP) is 3.78. The van der Waals surface area contributed by atoms with Crippen molar-refractivity contribution in [1.29, 1.82) is 0 Å². The summed E-state index contributed by atoms with van der Waals surface area (Å²) in [6.07, 6.45) is 0.796. The van der Waals surface area contributed by atoms with Gasteiger partial charge in [-0.3, -0.25) is 9.79 Å². The van der Waals surface area contributed by atoms with E-state index < -0.39 is 0 Å². The minimum absolute atomic E-state index is 0. The maximum absolute atomic E-state index is 12.2. The van der Waals surface area contributed by atoms with Crippen LogP contribution in [0.2, 0.25) is 5.02 Å². The van der Waals surface area contributed by atoms with Gasteiger partial charge in [0.2, 0.25) is 0 Å². The van der Waals surface area contributed by atoms with Crippen LogP contribution < -0.4 is 15.0 Å². The van der Waals surface area contributed by atoms with Crippen LogP contribution in [0, 0.1) is 0 Å². The molecule has 8 heteroatoms. The molecule has 0 spiro atoms. The number of nitrogens with zero attached hydrogens (tertiary/aromatic N) is 3. The molecule has 2 aromatic rings. The first-order chi connectivity index (χ1) is 13.6. The number of halogens is 2. The Bertz CT molecular complexity index is 862. The quantitative estimate of drug-likeness (QED) is 0.268. The van der Waals surface area contributed by atoms with E-state index in [4.69, 9.17) is 16.3 Å². The lowest BCUT2D eigenvalue weighted by Gasteiger charge is -2.29. The number of carbonyl (C=O) groups excluding carboxylic acids is 1. The van der Waals surface area contributed by atoms with Crippen molar-refractivity contribution in [3.05, 3.63) is 59.1 Å². The van der Waals surface area contributed by atoms with E-state index in [2.05, 4.69) is 10.3 Å². The fourth-order valence-electron chi connectivity index (χ4n) is 3.21. The van der Waals surface area contributed by atoms with Crippen LogP contribution in [0.25, 0.3) is 0 Å². The first kappa shape index (κ1) is 23.3. The van der Waals surface area contributed by atoms with Gasteiger partial charge < -0.3 is 19.9 Å². The van der Waals surface area contributed by atoms with Crippen molar-refractivity contribution >= 4 is 53.1 Å². The summed E-state index contributed by atoms with van der Waals surface area (Å²) < 4.78 is 5.48. The van der Waals surface area contributed by atoms with Crippen molar-refractivity contribution in [3.63, 3.8) is 0 Å². The Hall–Kier alpha value is -2.00. The molecule has 156 valence electrons. The normalized spacial score (nSPS) is 13.3. The molecule has 1 aliphatic rings. The molecule has 1 aliphatic heterocycles. The SMILES string of the molecule is CN=C(NCCCN1C(=O)COc2ccccc21)N(C)Cc1cccc(Cl)c1.I. The summed E-state index contributed by atoms with van der Waals surface area (Å²) in [7, 11) is 3.75. The van der Waals surface area contributed by atoms with Crippen LogP contribution in [-0.2, 0) is 11.3 Å². The van der Waals surface area contributed by atoms with Crippen molar-refractivity contribution in [2.24, 2.45) is 4.99 Å². The molecule has 6 nitrogen and oxygen atoms in total. The topological polar surface area (TPSA) is 57.2 Å². The smallest absolute Gasteiger partial charge is 0.265 e. The standard InChI is InChI=1S/C21H25ClN4O2.HI/c1-23-21(25(2)14-16-7-5-8-17(22)13-16)24-11-6-12-26-18-9-3-4-10-19(18)28-15-20(26)27;/h3-5,7-10,13H,6,11-12,14-15H2,1-2H3,(H,23,24);1H. The number of fused-ring (bicyclic) bond motifs is 1. The van der Waals surface area contributed by atoms with Gasteiger partial charge in [-0.25, -0.2) is 0 Å². The monoisotopic (exact) mass is 528 g/mol. The lowest BCUT2D eigenvalue weighted by molar-refractivity contribution is -0.121. The number of carbonyl (C=O) groups is 1. The molecular formula is C21H26ClIN4O2. The Morgan fingerprint density at radius 2 is 2.07 bits per heavy atom. The molecule has 2 aromatic carbocycles. The molecule has 0 aliphatic carbocycles. The highest BCUT2D eigenvalue weighted by molar-refractivity contribution is 14.0. The van der Waals surface area contributed by atoms with Crippen molar-refractivity contribution in [2.45, 2.75) is 13.0 Å². The van der Waals surface area contributed by atoms with Gasteiger partial charge in [-0.2, -0.15) is 0 Å². The maximum atomic E-state index is 12.2. The van der Waals surface area contributed by atoms with Crippen LogP contribution in [0.3, 0.4) is 0 Å². The summed E-state index contributed by atoms with van der Waals surface area (Å²) in [6.45, 7) is 2.13. The number of hydrogen-bond donors (Lipinski definition) is 1. The molecule has 0 radical (unpaired) electrons. The lowest BCUT2D eigenvalue weighted by atomic mass is 10.2. The van der Waals surface area contributed by atoms with E-state index in [1.807, 2.05) is 60.5 Å². The first-order valence-electron chi connectivity index (χ1n) is 9.27. The van der Waals surface area contributed by atoms with Gasteiger partial charge in [0.1, 0.15) is 5.75 Å². The Morgan fingerprint density at radius 1 is 1.28 bits per heavy atom. The Morgan fingerprint density at radius 3 is 2.83 bits per heavy atom. The molecule has 3 rings (SSSR count). The first-order valence-corrected chi connectivity index (χ1v) is 9.64. The van der Waals surface area contributed by atoms with Crippen LogP contribution in [0.5, 0.6) is 5.75 Å². The van der Waals surface area contributed by atoms with Gasteiger partial charge in [0.15, 0.2) is 12.6 Å². The number of para-hydroxylation sites is 2. The second-order valence-corrected chi connectivity index (χ2v) is 7.05. The minimum Gasteiger partial charge on any atom is -0.482 e.